The van der Waals surface area contributed by atoms with Gasteiger partial charge in [-0.05, 0) is 37.8 Å². The van der Waals surface area contributed by atoms with Gasteiger partial charge < -0.3 is 19.5 Å². The quantitative estimate of drug-likeness (QED) is 0.581. The number of ether oxygens (including phenoxy) is 3. The Labute approximate surface area is 193 Å². The number of esters is 1. The van der Waals surface area contributed by atoms with Gasteiger partial charge in [-0.2, -0.15) is 9.57 Å². The molecule has 2 heterocycles. The highest BCUT2D eigenvalue weighted by Gasteiger charge is 2.34. The Kier molecular flexibility index (Phi) is 7.49. The van der Waals surface area contributed by atoms with Gasteiger partial charge in [0, 0.05) is 19.2 Å². The van der Waals surface area contributed by atoms with E-state index in [-0.39, 0.29) is 36.7 Å². The van der Waals surface area contributed by atoms with E-state index in [1.54, 1.807) is 13.0 Å². The number of rotatable bonds is 7. The second-order valence-corrected chi connectivity index (χ2v) is 10.5. The molecule has 0 bridgehead atoms. The number of nitrogens with one attached hydrogen (secondary N) is 1. The standard InChI is InChI=1S/C22H29N3O7S/c1-15(2)22(3,14-23)24-20(26)13-32-21(27)16-6-8-25(9-7-16)33(28,29)17-4-5-18-19(12-17)31-11-10-30-18/h4-5,12,15-16H,6-11,13H2,1-3H3,(H,24,26). The number of carbonyl (C=O) groups is 2. The molecule has 1 amide bonds. The molecule has 0 saturated carbocycles. The van der Waals surface area contributed by atoms with E-state index in [0.717, 1.165) is 0 Å². The summed E-state index contributed by atoms with van der Waals surface area (Å²) in [6, 6.07) is 6.57. The minimum absolute atomic E-state index is 0.107. The van der Waals surface area contributed by atoms with E-state index in [2.05, 4.69) is 11.4 Å². The third-order valence-corrected chi connectivity index (χ3v) is 7.96. The summed E-state index contributed by atoms with van der Waals surface area (Å²) in [5, 5.41) is 11.9. The van der Waals surface area contributed by atoms with Gasteiger partial charge in [-0.3, -0.25) is 9.59 Å². The Morgan fingerprint density at radius 3 is 2.48 bits per heavy atom. The Morgan fingerprint density at radius 1 is 1.24 bits per heavy atom. The summed E-state index contributed by atoms with van der Waals surface area (Å²) in [5.74, 6) is -0.831. The molecule has 33 heavy (non-hydrogen) atoms. The van der Waals surface area contributed by atoms with Crippen LogP contribution < -0.4 is 14.8 Å². The lowest BCUT2D eigenvalue weighted by Gasteiger charge is -2.30. The van der Waals surface area contributed by atoms with Crippen LogP contribution in [-0.4, -0.2) is 63.0 Å². The number of amides is 1. The van der Waals surface area contributed by atoms with Crippen LogP contribution in [0.1, 0.15) is 33.6 Å². The fourth-order valence-corrected chi connectivity index (χ4v) is 5.03. The van der Waals surface area contributed by atoms with Gasteiger partial charge in [-0.25, -0.2) is 8.42 Å². The summed E-state index contributed by atoms with van der Waals surface area (Å²) in [6.07, 6.45) is 0.568. The molecule has 1 aromatic rings. The molecule has 0 radical (unpaired) electrons. The van der Waals surface area contributed by atoms with Gasteiger partial charge in [0.05, 0.1) is 16.9 Å². The maximum atomic E-state index is 13.0. The van der Waals surface area contributed by atoms with Crippen molar-refractivity contribution in [3.05, 3.63) is 18.2 Å². The number of sulfonamides is 1. The van der Waals surface area contributed by atoms with E-state index in [9.17, 15) is 23.3 Å². The first-order valence-electron chi connectivity index (χ1n) is 10.9. The SMILES string of the molecule is CC(C)C(C)(C#N)NC(=O)COC(=O)C1CCN(S(=O)(=O)c2ccc3c(c2)OCCO3)CC1. The number of benzene rings is 1. The highest BCUT2D eigenvalue weighted by Crippen LogP contribution is 2.34. The average molecular weight is 480 g/mol. The highest BCUT2D eigenvalue weighted by molar-refractivity contribution is 7.89. The van der Waals surface area contributed by atoms with Gasteiger partial charge in [0.2, 0.25) is 10.0 Å². The van der Waals surface area contributed by atoms with Crippen LogP contribution in [0.25, 0.3) is 0 Å². The van der Waals surface area contributed by atoms with Crippen molar-refractivity contribution in [2.75, 3.05) is 32.9 Å². The van der Waals surface area contributed by atoms with E-state index in [4.69, 9.17) is 14.2 Å². The van der Waals surface area contributed by atoms with Crippen molar-refractivity contribution in [3.63, 3.8) is 0 Å². The van der Waals surface area contributed by atoms with E-state index >= 15 is 0 Å². The van der Waals surface area contributed by atoms with Crippen LogP contribution in [0.2, 0.25) is 0 Å². The zero-order chi connectivity index (χ0) is 24.2. The Hall–Kier alpha value is -2.84. The number of hydrogen-bond donors (Lipinski definition) is 1. The van der Waals surface area contributed by atoms with Crippen LogP contribution in [0.3, 0.4) is 0 Å². The first-order chi connectivity index (χ1) is 15.6. The zero-order valence-electron chi connectivity index (χ0n) is 19.0. The number of fused-ring (bicyclic) bond motifs is 1. The third-order valence-electron chi connectivity index (χ3n) is 6.07. The molecule has 2 aliphatic heterocycles. The molecule has 1 N–H and O–H groups in total. The van der Waals surface area contributed by atoms with Crippen molar-refractivity contribution in [1.82, 2.24) is 9.62 Å². The minimum Gasteiger partial charge on any atom is -0.486 e. The summed E-state index contributed by atoms with van der Waals surface area (Å²) in [6.45, 7) is 5.82. The molecular weight excluding hydrogens is 450 g/mol. The van der Waals surface area contributed by atoms with Gasteiger partial charge in [-0.1, -0.05) is 13.8 Å². The summed E-state index contributed by atoms with van der Waals surface area (Å²) in [7, 11) is -3.75. The van der Waals surface area contributed by atoms with Crippen LogP contribution in [0.4, 0.5) is 0 Å². The molecule has 1 fully saturated rings. The normalized spacial score (nSPS) is 18.8. The topological polar surface area (TPSA) is 135 Å². The molecule has 1 aromatic carbocycles. The molecule has 0 spiro atoms. The molecule has 0 aromatic heterocycles. The molecule has 10 nitrogen and oxygen atoms in total. The van der Waals surface area contributed by atoms with E-state index in [0.29, 0.717) is 24.7 Å². The first-order valence-corrected chi connectivity index (χ1v) is 12.3. The second-order valence-electron chi connectivity index (χ2n) is 8.61. The molecular formula is C22H29N3O7S. The van der Waals surface area contributed by atoms with Crippen molar-refractivity contribution in [1.29, 1.82) is 5.26 Å². The van der Waals surface area contributed by atoms with E-state index in [1.165, 1.54) is 16.4 Å². The van der Waals surface area contributed by atoms with Crippen LogP contribution in [0, 0.1) is 23.2 Å². The van der Waals surface area contributed by atoms with Crippen LogP contribution >= 0.6 is 0 Å². The van der Waals surface area contributed by atoms with Gasteiger partial charge in [0.25, 0.3) is 5.91 Å². The van der Waals surface area contributed by atoms with Crippen LogP contribution in [0.5, 0.6) is 11.5 Å². The summed E-state index contributed by atoms with van der Waals surface area (Å²) >= 11 is 0. The van der Waals surface area contributed by atoms with Crippen molar-refractivity contribution in [3.8, 4) is 17.6 Å². The summed E-state index contributed by atoms with van der Waals surface area (Å²) in [4.78, 5) is 24.6. The predicted octanol–water partition coefficient (Wildman–Crippen LogP) is 1.46. The van der Waals surface area contributed by atoms with Crippen molar-refractivity contribution in [2.45, 2.75) is 44.0 Å². The molecule has 2 aliphatic rings. The molecule has 1 unspecified atom stereocenters. The largest absolute Gasteiger partial charge is 0.486 e. The highest BCUT2D eigenvalue weighted by atomic mass is 32.2. The van der Waals surface area contributed by atoms with Gasteiger partial charge in [0.1, 0.15) is 18.8 Å². The molecule has 0 aliphatic carbocycles. The van der Waals surface area contributed by atoms with Crippen LogP contribution in [0.15, 0.2) is 23.1 Å². The Balaban J connectivity index is 1.52. The number of nitrogens with zero attached hydrogens (tertiary/aromatic N) is 2. The first kappa shape index (κ1) is 24.8. The molecule has 3 rings (SSSR count). The monoisotopic (exact) mass is 479 g/mol. The van der Waals surface area contributed by atoms with Crippen molar-refractivity contribution in [2.24, 2.45) is 11.8 Å². The van der Waals surface area contributed by atoms with Gasteiger partial charge in [-0.15, -0.1) is 0 Å². The average Bonchev–Trinajstić information content (AvgIpc) is 2.82. The van der Waals surface area contributed by atoms with Crippen LogP contribution in [-0.2, 0) is 24.3 Å². The molecule has 1 saturated heterocycles. The van der Waals surface area contributed by atoms with Crippen molar-refractivity contribution < 1.29 is 32.2 Å². The number of piperidine rings is 1. The van der Waals surface area contributed by atoms with E-state index in [1.807, 2.05) is 13.8 Å². The lowest BCUT2D eigenvalue weighted by molar-refractivity contribution is -0.154. The lowest BCUT2D eigenvalue weighted by Crippen LogP contribution is -2.50. The summed E-state index contributed by atoms with van der Waals surface area (Å²) in [5.41, 5.74) is -1.06. The maximum Gasteiger partial charge on any atom is 0.309 e. The minimum atomic E-state index is -3.75. The van der Waals surface area contributed by atoms with Crippen molar-refractivity contribution >= 4 is 21.9 Å². The fraction of sp³-hybridized carbons (Fsp3) is 0.591. The number of hydrogen-bond acceptors (Lipinski definition) is 8. The zero-order valence-corrected chi connectivity index (χ0v) is 19.8. The summed E-state index contributed by atoms with van der Waals surface area (Å²) < 4.78 is 43.4. The Bertz CT molecular complexity index is 1040. The number of nitriles is 1. The smallest absolute Gasteiger partial charge is 0.309 e. The van der Waals surface area contributed by atoms with Gasteiger partial charge in [0.15, 0.2) is 18.1 Å². The lowest BCUT2D eigenvalue weighted by atomic mass is 9.90. The molecule has 11 heteroatoms. The Morgan fingerprint density at radius 2 is 1.88 bits per heavy atom. The third kappa shape index (κ3) is 5.57. The molecule has 1 atom stereocenters. The second kappa shape index (κ2) is 9.97. The predicted molar refractivity (Wildman–Crippen MR) is 117 cm³/mol. The van der Waals surface area contributed by atoms with Gasteiger partial charge >= 0.3 is 5.97 Å². The van der Waals surface area contributed by atoms with E-state index < -0.39 is 40.0 Å². The molecule has 180 valence electrons. The maximum absolute atomic E-state index is 13.0. The fourth-order valence-electron chi connectivity index (χ4n) is 3.55. The number of carbonyl (C=O) groups excluding carboxylic acids is 2.